The van der Waals surface area contributed by atoms with E-state index in [9.17, 15) is 9.18 Å². The molecule has 1 rings (SSSR count). The predicted octanol–water partition coefficient (Wildman–Crippen LogP) is 4.37. The molecule has 0 saturated carbocycles. The first-order valence-corrected chi connectivity index (χ1v) is 6.73. The molecule has 1 atom stereocenters. The summed E-state index contributed by atoms with van der Waals surface area (Å²) in [5, 5.41) is 2.84. The van der Waals surface area contributed by atoms with Crippen molar-refractivity contribution in [1.29, 1.82) is 0 Å². The van der Waals surface area contributed by atoms with Gasteiger partial charge in [0.15, 0.2) is 0 Å². The molecule has 100 valence electrons. The van der Waals surface area contributed by atoms with Crippen LogP contribution in [0, 0.1) is 11.7 Å². The topological polar surface area (TPSA) is 29.1 Å². The maximum absolute atomic E-state index is 12.7. The fourth-order valence-electron chi connectivity index (χ4n) is 1.94. The summed E-state index contributed by atoms with van der Waals surface area (Å²) in [6, 6.07) is 5.89. The summed E-state index contributed by atoms with van der Waals surface area (Å²) in [6.45, 7) is 4.18. The van der Waals surface area contributed by atoms with Gasteiger partial charge in [0.05, 0.1) is 0 Å². The maximum atomic E-state index is 12.7. The van der Waals surface area contributed by atoms with E-state index in [1.165, 1.54) is 18.6 Å². The first-order chi connectivity index (χ1) is 8.67. The molecular weight excluding hydrogens is 229 g/mol. The molecule has 18 heavy (non-hydrogen) atoms. The van der Waals surface area contributed by atoms with E-state index in [-0.39, 0.29) is 17.6 Å². The second kappa shape index (κ2) is 7.85. The van der Waals surface area contributed by atoms with Crippen molar-refractivity contribution in [3.63, 3.8) is 0 Å². The largest absolute Gasteiger partial charge is 0.326 e. The summed E-state index contributed by atoms with van der Waals surface area (Å²) in [7, 11) is 0. The van der Waals surface area contributed by atoms with Crippen LogP contribution in [-0.4, -0.2) is 5.91 Å². The fourth-order valence-corrected chi connectivity index (χ4v) is 1.94. The van der Waals surface area contributed by atoms with Gasteiger partial charge in [-0.25, -0.2) is 4.39 Å². The van der Waals surface area contributed by atoms with Gasteiger partial charge in [0.2, 0.25) is 5.91 Å². The highest BCUT2D eigenvalue weighted by atomic mass is 19.1. The van der Waals surface area contributed by atoms with Gasteiger partial charge in [-0.1, -0.05) is 33.1 Å². The monoisotopic (exact) mass is 251 g/mol. The zero-order valence-corrected chi connectivity index (χ0v) is 11.2. The Bertz CT molecular complexity index is 361. The minimum atomic E-state index is -0.289. The molecule has 2 nitrogen and oxygen atoms in total. The zero-order chi connectivity index (χ0) is 13.4. The number of nitrogens with one attached hydrogen (secondary N) is 1. The van der Waals surface area contributed by atoms with Gasteiger partial charge < -0.3 is 5.32 Å². The molecule has 1 aromatic carbocycles. The SMILES string of the molecule is CCCCCC(CC)C(=O)Nc1ccc(F)cc1. The molecule has 1 amide bonds. The van der Waals surface area contributed by atoms with E-state index in [1.54, 1.807) is 12.1 Å². The van der Waals surface area contributed by atoms with Gasteiger partial charge in [0.25, 0.3) is 0 Å². The molecule has 0 aliphatic carbocycles. The smallest absolute Gasteiger partial charge is 0.227 e. The molecule has 0 spiro atoms. The average Bonchev–Trinajstić information content (AvgIpc) is 2.37. The standard InChI is InChI=1S/C15H22FNO/c1-3-5-6-7-12(4-2)15(18)17-14-10-8-13(16)9-11-14/h8-12H,3-7H2,1-2H3,(H,17,18). The lowest BCUT2D eigenvalue weighted by molar-refractivity contribution is -0.120. The Kier molecular flexibility index (Phi) is 6.40. The van der Waals surface area contributed by atoms with Crippen molar-refractivity contribution < 1.29 is 9.18 Å². The Labute approximate surface area is 109 Å². The number of amides is 1. The van der Waals surface area contributed by atoms with Crippen LogP contribution in [0.4, 0.5) is 10.1 Å². The van der Waals surface area contributed by atoms with Crippen LogP contribution in [0.15, 0.2) is 24.3 Å². The van der Waals surface area contributed by atoms with Crippen molar-refractivity contribution >= 4 is 11.6 Å². The van der Waals surface area contributed by atoms with Crippen LogP contribution in [0.2, 0.25) is 0 Å². The highest BCUT2D eigenvalue weighted by Crippen LogP contribution is 2.17. The number of unbranched alkanes of at least 4 members (excludes halogenated alkanes) is 2. The van der Waals surface area contributed by atoms with Gasteiger partial charge in [0, 0.05) is 11.6 Å². The highest BCUT2D eigenvalue weighted by Gasteiger charge is 2.15. The molecule has 0 fully saturated rings. The molecule has 0 radical (unpaired) electrons. The van der Waals surface area contributed by atoms with Crippen molar-refractivity contribution in [2.45, 2.75) is 46.0 Å². The van der Waals surface area contributed by atoms with Gasteiger partial charge in [-0.2, -0.15) is 0 Å². The molecule has 3 heteroatoms. The molecule has 0 bridgehead atoms. The van der Waals surface area contributed by atoms with Crippen molar-refractivity contribution in [3.8, 4) is 0 Å². The van der Waals surface area contributed by atoms with E-state index in [0.717, 1.165) is 25.7 Å². The molecular formula is C15H22FNO. The molecule has 1 N–H and O–H groups in total. The van der Waals surface area contributed by atoms with Crippen molar-refractivity contribution in [2.75, 3.05) is 5.32 Å². The van der Waals surface area contributed by atoms with Gasteiger partial charge in [-0.05, 0) is 37.1 Å². The lowest BCUT2D eigenvalue weighted by Gasteiger charge is -2.14. The average molecular weight is 251 g/mol. The van der Waals surface area contributed by atoms with Crippen LogP contribution in [0.25, 0.3) is 0 Å². The molecule has 0 aromatic heterocycles. The molecule has 0 saturated heterocycles. The van der Waals surface area contributed by atoms with Crippen LogP contribution < -0.4 is 5.32 Å². The molecule has 1 unspecified atom stereocenters. The minimum Gasteiger partial charge on any atom is -0.326 e. The summed E-state index contributed by atoms with van der Waals surface area (Å²) in [4.78, 5) is 12.0. The lowest BCUT2D eigenvalue weighted by atomic mass is 9.97. The van der Waals surface area contributed by atoms with Crippen LogP contribution in [0.3, 0.4) is 0 Å². The lowest BCUT2D eigenvalue weighted by Crippen LogP contribution is -2.22. The fraction of sp³-hybridized carbons (Fsp3) is 0.533. The third kappa shape index (κ3) is 4.86. The number of carbonyl (C=O) groups is 1. The molecule has 0 aliphatic rings. The molecule has 0 heterocycles. The van der Waals surface area contributed by atoms with E-state index in [4.69, 9.17) is 0 Å². The number of rotatable bonds is 7. The number of halogens is 1. The number of hydrogen-bond donors (Lipinski definition) is 1. The third-order valence-electron chi connectivity index (χ3n) is 3.13. The highest BCUT2D eigenvalue weighted by molar-refractivity contribution is 5.92. The van der Waals surface area contributed by atoms with Crippen molar-refractivity contribution in [3.05, 3.63) is 30.1 Å². The number of hydrogen-bond acceptors (Lipinski definition) is 1. The number of benzene rings is 1. The summed E-state index contributed by atoms with van der Waals surface area (Å²) in [5.41, 5.74) is 0.662. The predicted molar refractivity (Wildman–Crippen MR) is 73.0 cm³/mol. The molecule has 1 aromatic rings. The van der Waals surface area contributed by atoms with E-state index in [2.05, 4.69) is 12.2 Å². The van der Waals surface area contributed by atoms with Gasteiger partial charge in [-0.15, -0.1) is 0 Å². The van der Waals surface area contributed by atoms with E-state index in [1.807, 2.05) is 6.92 Å². The zero-order valence-electron chi connectivity index (χ0n) is 11.2. The number of anilines is 1. The van der Waals surface area contributed by atoms with Crippen molar-refractivity contribution in [1.82, 2.24) is 0 Å². The minimum absolute atomic E-state index is 0.0419. The van der Waals surface area contributed by atoms with Crippen LogP contribution >= 0.6 is 0 Å². The van der Waals surface area contributed by atoms with Crippen LogP contribution in [-0.2, 0) is 4.79 Å². The van der Waals surface area contributed by atoms with Gasteiger partial charge in [0.1, 0.15) is 5.82 Å². The number of carbonyl (C=O) groups excluding carboxylic acids is 1. The summed E-state index contributed by atoms with van der Waals surface area (Å²) in [5.74, 6) is -0.190. The Morgan fingerprint density at radius 1 is 1.22 bits per heavy atom. The summed E-state index contributed by atoms with van der Waals surface area (Å²) < 4.78 is 12.7. The van der Waals surface area contributed by atoms with Gasteiger partial charge >= 0.3 is 0 Å². The van der Waals surface area contributed by atoms with E-state index in [0.29, 0.717) is 5.69 Å². The third-order valence-corrected chi connectivity index (χ3v) is 3.13. The maximum Gasteiger partial charge on any atom is 0.227 e. The van der Waals surface area contributed by atoms with Crippen LogP contribution in [0.5, 0.6) is 0 Å². The Morgan fingerprint density at radius 2 is 1.89 bits per heavy atom. The Hall–Kier alpha value is -1.38. The molecule has 0 aliphatic heterocycles. The Morgan fingerprint density at radius 3 is 2.44 bits per heavy atom. The second-order valence-electron chi connectivity index (χ2n) is 4.60. The summed E-state index contributed by atoms with van der Waals surface area (Å²) >= 11 is 0. The second-order valence-corrected chi connectivity index (χ2v) is 4.60. The Balaban J connectivity index is 2.48. The van der Waals surface area contributed by atoms with Gasteiger partial charge in [-0.3, -0.25) is 4.79 Å². The van der Waals surface area contributed by atoms with E-state index >= 15 is 0 Å². The quantitative estimate of drug-likeness (QED) is 0.716. The van der Waals surface area contributed by atoms with Crippen molar-refractivity contribution in [2.24, 2.45) is 5.92 Å². The van der Waals surface area contributed by atoms with E-state index < -0.39 is 0 Å². The first kappa shape index (κ1) is 14.7. The first-order valence-electron chi connectivity index (χ1n) is 6.73. The van der Waals surface area contributed by atoms with Crippen LogP contribution in [0.1, 0.15) is 46.0 Å². The summed E-state index contributed by atoms with van der Waals surface area (Å²) in [6.07, 6.45) is 5.19. The normalized spacial score (nSPS) is 12.2.